The van der Waals surface area contributed by atoms with Crippen molar-refractivity contribution in [2.75, 3.05) is 12.0 Å². The van der Waals surface area contributed by atoms with Gasteiger partial charge in [-0.2, -0.15) is 8.42 Å². The van der Waals surface area contributed by atoms with Gasteiger partial charge >= 0.3 is 10.1 Å². The monoisotopic (exact) mass is 247 g/mol. The number of rotatable bonds is 5. The summed E-state index contributed by atoms with van der Waals surface area (Å²) in [5.41, 5.74) is 0. The van der Waals surface area contributed by atoms with E-state index in [1.54, 1.807) is 17.8 Å². The van der Waals surface area contributed by atoms with Crippen LogP contribution in [-0.2, 0) is 10.1 Å². The molecule has 4 nitrogen and oxygen atoms in total. The maximum atomic E-state index is 10.9. The Labute approximate surface area is 94.2 Å². The maximum absolute atomic E-state index is 10.9. The van der Waals surface area contributed by atoms with E-state index in [9.17, 15) is 8.42 Å². The van der Waals surface area contributed by atoms with Crippen LogP contribution in [0.2, 0.25) is 0 Å². The molecule has 84 valence electrons. The lowest BCUT2D eigenvalue weighted by molar-refractivity contribution is 0.480. The molecule has 0 aliphatic heterocycles. The van der Waals surface area contributed by atoms with E-state index in [0.717, 1.165) is 23.5 Å². The van der Waals surface area contributed by atoms with Crippen molar-refractivity contribution in [1.29, 1.82) is 0 Å². The van der Waals surface area contributed by atoms with Gasteiger partial charge in [-0.05, 0) is 18.2 Å². The van der Waals surface area contributed by atoms with Gasteiger partial charge in [-0.1, -0.05) is 13.0 Å². The molecular weight excluding hydrogens is 234 g/mol. The molecule has 0 radical (unpaired) electrons. The maximum Gasteiger partial charge on any atom is 0.307 e. The molecule has 0 saturated heterocycles. The standard InChI is InChI=1S/C9H13NO3S2/c1-3-7-14-9-6-4-5-8(10-9)13-15(2,11)12/h4-6H,3,7H2,1-2H3. The second-order valence-corrected chi connectivity index (χ2v) is 5.64. The van der Waals surface area contributed by atoms with E-state index in [2.05, 4.69) is 16.1 Å². The predicted molar refractivity (Wildman–Crippen MR) is 60.7 cm³/mol. The van der Waals surface area contributed by atoms with E-state index in [-0.39, 0.29) is 5.88 Å². The molecular formula is C9H13NO3S2. The highest BCUT2D eigenvalue weighted by Gasteiger charge is 2.06. The number of pyridine rings is 1. The van der Waals surface area contributed by atoms with Gasteiger partial charge in [0.15, 0.2) is 0 Å². The topological polar surface area (TPSA) is 56.3 Å². The van der Waals surface area contributed by atoms with Gasteiger partial charge in [0, 0.05) is 6.07 Å². The molecule has 1 heterocycles. The van der Waals surface area contributed by atoms with Gasteiger partial charge in [-0.25, -0.2) is 4.98 Å². The Morgan fingerprint density at radius 1 is 1.47 bits per heavy atom. The van der Waals surface area contributed by atoms with Crippen molar-refractivity contribution in [1.82, 2.24) is 4.98 Å². The Kier molecular flexibility index (Phi) is 4.41. The van der Waals surface area contributed by atoms with Gasteiger partial charge in [-0.15, -0.1) is 11.8 Å². The molecule has 0 N–H and O–H groups in total. The molecule has 0 bridgehead atoms. The zero-order valence-corrected chi connectivity index (χ0v) is 10.3. The Morgan fingerprint density at radius 3 is 2.80 bits per heavy atom. The van der Waals surface area contributed by atoms with Gasteiger partial charge < -0.3 is 4.18 Å². The second-order valence-electron chi connectivity index (χ2n) is 2.95. The molecule has 0 aliphatic rings. The Morgan fingerprint density at radius 2 is 2.20 bits per heavy atom. The SMILES string of the molecule is CCCSc1cccc(OS(C)(=O)=O)n1. The van der Waals surface area contributed by atoms with Crippen LogP contribution in [-0.4, -0.2) is 25.4 Å². The van der Waals surface area contributed by atoms with Gasteiger partial charge in [0.05, 0.1) is 6.26 Å². The van der Waals surface area contributed by atoms with Gasteiger partial charge in [0.2, 0.25) is 5.88 Å². The zero-order chi connectivity index (χ0) is 11.3. The lowest BCUT2D eigenvalue weighted by atomic mass is 10.5. The third kappa shape index (κ3) is 5.03. The first-order valence-electron chi connectivity index (χ1n) is 4.50. The molecule has 0 aliphatic carbocycles. The van der Waals surface area contributed by atoms with Crippen molar-refractivity contribution in [3.8, 4) is 5.88 Å². The highest BCUT2D eigenvalue weighted by molar-refractivity contribution is 7.99. The first kappa shape index (κ1) is 12.3. The summed E-state index contributed by atoms with van der Waals surface area (Å²) in [4.78, 5) is 4.06. The molecule has 6 heteroatoms. The third-order valence-electron chi connectivity index (χ3n) is 1.39. The van der Waals surface area contributed by atoms with Crippen LogP contribution in [0.5, 0.6) is 5.88 Å². The number of aromatic nitrogens is 1. The lowest BCUT2D eigenvalue weighted by Gasteiger charge is -2.03. The molecule has 0 fully saturated rings. The number of hydrogen-bond acceptors (Lipinski definition) is 5. The minimum Gasteiger partial charge on any atom is -0.362 e. The van der Waals surface area contributed by atoms with E-state index in [1.807, 2.05) is 6.07 Å². The van der Waals surface area contributed by atoms with Crippen molar-refractivity contribution >= 4 is 21.9 Å². The Bertz CT molecular complexity index is 417. The van der Waals surface area contributed by atoms with E-state index < -0.39 is 10.1 Å². The molecule has 1 rings (SSSR count). The lowest BCUT2D eigenvalue weighted by Crippen LogP contribution is -2.06. The average Bonchev–Trinajstić information content (AvgIpc) is 2.12. The number of hydrogen-bond donors (Lipinski definition) is 0. The average molecular weight is 247 g/mol. The first-order valence-corrected chi connectivity index (χ1v) is 7.31. The van der Waals surface area contributed by atoms with Crippen LogP contribution in [0.3, 0.4) is 0 Å². The largest absolute Gasteiger partial charge is 0.362 e. The minimum absolute atomic E-state index is 0.124. The zero-order valence-electron chi connectivity index (χ0n) is 8.63. The van der Waals surface area contributed by atoms with Crippen LogP contribution in [0, 0.1) is 0 Å². The summed E-state index contributed by atoms with van der Waals surface area (Å²) >= 11 is 1.57. The van der Waals surface area contributed by atoms with Crippen molar-refractivity contribution in [3.63, 3.8) is 0 Å². The van der Waals surface area contributed by atoms with Crippen molar-refractivity contribution in [2.45, 2.75) is 18.4 Å². The Balaban J connectivity index is 2.74. The molecule has 1 aromatic rings. The molecule has 0 aromatic carbocycles. The highest BCUT2D eigenvalue weighted by atomic mass is 32.2. The molecule has 0 atom stereocenters. The summed E-state index contributed by atoms with van der Waals surface area (Å²) in [5, 5.41) is 0.776. The van der Waals surface area contributed by atoms with E-state index >= 15 is 0 Å². The van der Waals surface area contributed by atoms with Gasteiger partial charge in [-0.3, -0.25) is 0 Å². The highest BCUT2D eigenvalue weighted by Crippen LogP contribution is 2.19. The van der Waals surface area contributed by atoms with Crippen LogP contribution < -0.4 is 4.18 Å². The summed E-state index contributed by atoms with van der Waals surface area (Å²) in [6.45, 7) is 2.07. The summed E-state index contributed by atoms with van der Waals surface area (Å²) < 4.78 is 26.4. The smallest absolute Gasteiger partial charge is 0.307 e. The molecule has 0 saturated carbocycles. The fourth-order valence-corrected chi connectivity index (χ4v) is 2.03. The van der Waals surface area contributed by atoms with Crippen molar-refractivity contribution in [3.05, 3.63) is 18.2 Å². The Hall–Kier alpha value is -0.750. The normalized spacial score (nSPS) is 11.3. The van der Waals surface area contributed by atoms with E-state index in [1.165, 1.54) is 6.07 Å². The summed E-state index contributed by atoms with van der Waals surface area (Å²) in [5.74, 6) is 1.08. The van der Waals surface area contributed by atoms with E-state index in [0.29, 0.717) is 0 Å². The summed E-state index contributed by atoms with van der Waals surface area (Å²) in [7, 11) is -3.49. The van der Waals surface area contributed by atoms with Crippen LogP contribution >= 0.6 is 11.8 Å². The third-order valence-corrected chi connectivity index (χ3v) is 3.00. The van der Waals surface area contributed by atoms with Crippen molar-refractivity contribution < 1.29 is 12.6 Å². The van der Waals surface area contributed by atoms with E-state index in [4.69, 9.17) is 0 Å². The minimum atomic E-state index is -3.49. The van der Waals surface area contributed by atoms with Gasteiger partial charge in [0.1, 0.15) is 5.03 Å². The quantitative estimate of drug-likeness (QED) is 0.587. The molecule has 0 spiro atoms. The predicted octanol–water partition coefficient (Wildman–Crippen LogP) is 1.92. The summed E-state index contributed by atoms with van der Waals surface area (Å²) in [6.07, 6.45) is 2.05. The van der Waals surface area contributed by atoms with Crippen molar-refractivity contribution in [2.24, 2.45) is 0 Å². The molecule has 0 amide bonds. The number of thioether (sulfide) groups is 1. The van der Waals surface area contributed by atoms with Crippen LogP contribution in [0.15, 0.2) is 23.2 Å². The molecule has 1 aromatic heterocycles. The fourth-order valence-electron chi connectivity index (χ4n) is 0.884. The fraction of sp³-hybridized carbons (Fsp3) is 0.444. The molecule has 0 unspecified atom stereocenters. The summed E-state index contributed by atoms with van der Waals surface area (Å²) in [6, 6.07) is 5.08. The van der Waals surface area contributed by atoms with Crippen LogP contribution in [0.4, 0.5) is 0 Å². The molecule has 15 heavy (non-hydrogen) atoms. The first-order chi connectivity index (χ1) is 7.01. The number of nitrogens with zero attached hydrogens (tertiary/aromatic N) is 1. The van der Waals surface area contributed by atoms with Crippen LogP contribution in [0.25, 0.3) is 0 Å². The second kappa shape index (κ2) is 5.37. The van der Waals surface area contributed by atoms with Crippen LogP contribution in [0.1, 0.15) is 13.3 Å². The van der Waals surface area contributed by atoms with Gasteiger partial charge in [0.25, 0.3) is 0 Å².